The molecule has 2 N–H and O–H groups in total. The maximum Gasteiger partial charge on any atom is 0.265 e. The van der Waals surface area contributed by atoms with E-state index in [1.54, 1.807) is 44.4 Å². The van der Waals surface area contributed by atoms with Gasteiger partial charge in [0.2, 0.25) is 0 Å². The number of benzene rings is 3. The Balaban J connectivity index is 1.55. The molecule has 4 aromatic rings. The molecule has 1 aliphatic heterocycles. The van der Waals surface area contributed by atoms with Gasteiger partial charge in [-0.25, -0.2) is 4.98 Å². The van der Waals surface area contributed by atoms with E-state index < -0.39 is 6.10 Å². The molecule has 2 heterocycles. The first kappa shape index (κ1) is 20.5. The van der Waals surface area contributed by atoms with Crippen LogP contribution in [0, 0.1) is 0 Å². The van der Waals surface area contributed by atoms with E-state index >= 15 is 0 Å². The van der Waals surface area contributed by atoms with E-state index in [9.17, 15) is 9.59 Å². The molecule has 3 aromatic carbocycles. The predicted molar refractivity (Wildman–Crippen MR) is 127 cm³/mol. The second kappa shape index (κ2) is 8.27. The van der Waals surface area contributed by atoms with Crippen molar-refractivity contribution in [2.45, 2.75) is 13.0 Å². The Morgan fingerprint density at radius 3 is 2.67 bits per heavy atom. The molecule has 0 spiro atoms. The van der Waals surface area contributed by atoms with Crippen molar-refractivity contribution in [3.8, 4) is 22.8 Å². The molecule has 0 unspecified atom stereocenters. The maximum atomic E-state index is 13.4. The third-order valence-electron chi connectivity index (χ3n) is 5.50. The minimum atomic E-state index is -0.562. The molecule has 7 nitrogen and oxygen atoms in total. The monoisotopic (exact) mass is 439 g/mol. The van der Waals surface area contributed by atoms with E-state index in [0.717, 1.165) is 5.56 Å². The largest absolute Gasteiger partial charge is 0.497 e. The zero-order valence-electron chi connectivity index (χ0n) is 18.1. The van der Waals surface area contributed by atoms with Crippen LogP contribution in [-0.2, 0) is 4.79 Å². The summed E-state index contributed by atoms with van der Waals surface area (Å²) in [5.74, 6) is 0.661. The minimum Gasteiger partial charge on any atom is -0.497 e. The molecule has 1 atom stereocenters. The number of anilines is 2. The molecule has 0 saturated heterocycles. The van der Waals surface area contributed by atoms with Crippen LogP contribution in [0.3, 0.4) is 0 Å². The van der Waals surface area contributed by atoms with Crippen LogP contribution in [0.1, 0.15) is 17.3 Å². The van der Waals surface area contributed by atoms with Gasteiger partial charge in [-0.2, -0.15) is 0 Å². The SMILES string of the molecule is COc1ccc2nc(-c3ccccc3)cc(C(=O)Nc3ccc4c(c3)NC(=O)[C@H](C)O4)c2c1. The number of pyridine rings is 1. The number of aromatic nitrogens is 1. The van der Waals surface area contributed by atoms with Crippen LogP contribution in [-0.4, -0.2) is 30.0 Å². The minimum absolute atomic E-state index is 0.231. The lowest BCUT2D eigenvalue weighted by Gasteiger charge is -2.23. The highest BCUT2D eigenvalue weighted by Gasteiger charge is 2.24. The summed E-state index contributed by atoms with van der Waals surface area (Å²) in [6, 6.07) is 22.1. The molecule has 0 aliphatic carbocycles. The van der Waals surface area contributed by atoms with Crippen LogP contribution >= 0.6 is 0 Å². The molecule has 0 saturated carbocycles. The Hall–Kier alpha value is -4.39. The second-order valence-electron chi connectivity index (χ2n) is 7.72. The lowest BCUT2D eigenvalue weighted by atomic mass is 10.0. The van der Waals surface area contributed by atoms with Crippen LogP contribution in [0.4, 0.5) is 11.4 Å². The molecular weight excluding hydrogens is 418 g/mol. The van der Waals surface area contributed by atoms with Gasteiger partial charge in [-0.15, -0.1) is 0 Å². The van der Waals surface area contributed by atoms with Gasteiger partial charge in [-0.05, 0) is 49.4 Å². The van der Waals surface area contributed by atoms with E-state index in [1.807, 2.05) is 42.5 Å². The van der Waals surface area contributed by atoms with Crippen molar-refractivity contribution in [3.05, 3.63) is 78.4 Å². The third kappa shape index (κ3) is 3.96. The summed E-state index contributed by atoms with van der Waals surface area (Å²) in [5.41, 5.74) is 3.80. The number of fused-ring (bicyclic) bond motifs is 2. The lowest BCUT2D eigenvalue weighted by Crippen LogP contribution is -2.34. The molecule has 0 radical (unpaired) electrons. The summed E-state index contributed by atoms with van der Waals surface area (Å²) in [4.78, 5) is 30.1. The van der Waals surface area contributed by atoms with Crippen molar-refractivity contribution >= 4 is 34.1 Å². The summed E-state index contributed by atoms with van der Waals surface area (Å²) in [6.45, 7) is 1.68. The quantitative estimate of drug-likeness (QED) is 0.473. The first-order valence-electron chi connectivity index (χ1n) is 10.5. The van der Waals surface area contributed by atoms with Crippen LogP contribution in [0.25, 0.3) is 22.2 Å². The van der Waals surface area contributed by atoms with E-state index in [1.165, 1.54) is 0 Å². The van der Waals surface area contributed by atoms with Gasteiger partial charge in [0.15, 0.2) is 6.10 Å². The standard InChI is InChI=1S/C26H21N3O4/c1-15-25(30)29-23-12-17(8-11-24(23)33-15)27-26(31)20-14-22(16-6-4-3-5-7-16)28-21-10-9-18(32-2)13-19(20)21/h3-15H,1-2H3,(H,27,31)(H,29,30)/t15-/m0/s1. The summed E-state index contributed by atoms with van der Waals surface area (Å²) >= 11 is 0. The molecule has 1 aromatic heterocycles. The zero-order valence-corrected chi connectivity index (χ0v) is 18.1. The Labute approximate surface area is 190 Å². The summed E-state index contributed by atoms with van der Waals surface area (Å²) in [7, 11) is 1.58. The number of hydrogen-bond donors (Lipinski definition) is 2. The highest BCUT2D eigenvalue weighted by atomic mass is 16.5. The zero-order chi connectivity index (χ0) is 22.9. The van der Waals surface area contributed by atoms with Crippen LogP contribution < -0.4 is 20.1 Å². The number of carbonyl (C=O) groups is 2. The highest BCUT2D eigenvalue weighted by Crippen LogP contribution is 2.33. The Morgan fingerprint density at radius 1 is 1.06 bits per heavy atom. The van der Waals surface area contributed by atoms with E-state index in [-0.39, 0.29) is 11.8 Å². The molecule has 0 bridgehead atoms. The Kier molecular flexibility index (Phi) is 5.14. The van der Waals surface area contributed by atoms with Crippen molar-refractivity contribution in [2.24, 2.45) is 0 Å². The Morgan fingerprint density at radius 2 is 1.88 bits per heavy atom. The molecule has 164 valence electrons. The van der Waals surface area contributed by atoms with Gasteiger partial charge in [-0.3, -0.25) is 9.59 Å². The maximum absolute atomic E-state index is 13.4. The van der Waals surface area contributed by atoms with Crippen LogP contribution in [0.2, 0.25) is 0 Å². The molecule has 1 aliphatic rings. The van der Waals surface area contributed by atoms with Crippen molar-refractivity contribution < 1.29 is 19.1 Å². The molecular formula is C26H21N3O4. The number of nitrogens with one attached hydrogen (secondary N) is 2. The Bertz CT molecular complexity index is 1390. The summed E-state index contributed by atoms with van der Waals surface area (Å²) in [6.07, 6.45) is -0.562. The van der Waals surface area contributed by atoms with Crippen molar-refractivity contribution in [3.63, 3.8) is 0 Å². The average Bonchev–Trinajstić information content (AvgIpc) is 2.84. The predicted octanol–water partition coefficient (Wildman–Crippen LogP) is 4.88. The number of carbonyl (C=O) groups excluding carboxylic acids is 2. The van der Waals surface area contributed by atoms with Crippen LogP contribution in [0.5, 0.6) is 11.5 Å². The average molecular weight is 439 g/mol. The van der Waals surface area contributed by atoms with Gasteiger partial charge < -0.3 is 20.1 Å². The molecule has 0 fully saturated rings. The molecule has 33 heavy (non-hydrogen) atoms. The van der Waals surface area contributed by atoms with Crippen molar-refractivity contribution in [1.82, 2.24) is 4.98 Å². The number of hydrogen-bond acceptors (Lipinski definition) is 5. The van der Waals surface area contributed by atoms with E-state index in [0.29, 0.717) is 45.0 Å². The first-order chi connectivity index (χ1) is 16.0. The van der Waals surface area contributed by atoms with E-state index in [4.69, 9.17) is 14.5 Å². The molecule has 5 rings (SSSR count). The van der Waals surface area contributed by atoms with Gasteiger partial charge >= 0.3 is 0 Å². The number of nitrogens with zero attached hydrogens (tertiary/aromatic N) is 1. The van der Waals surface area contributed by atoms with E-state index in [2.05, 4.69) is 10.6 Å². The van der Waals surface area contributed by atoms with Crippen LogP contribution in [0.15, 0.2) is 72.8 Å². The number of ether oxygens (including phenoxy) is 2. The van der Waals surface area contributed by atoms with Crippen molar-refractivity contribution in [1.29, 1.82) is 0 Å². The van der Waals surface area contributed by atoms with Gasteiger partial charge in [0, 0.05) is 16.6 Å². The summed E-state index contributed by atoms with van der Waals surface area (Å²) in [5, 5.41) is 6.40. The van der Waals surface area contributed by atoms with Gasteiger partial charge in [-0.1, -0.05) is 30.3 Å². The molecule has 2 amide bonds. The topological polar surface area (TPSA) is 89.5 Å². The number of rotatable bonds is 4. The number of methoxy groups -OCH3 is 1. The number of amides is 2. The second-order valence-corrected chi connectivity index (χ2v) is 7.72. The van der Waals surface area contributed by atoms with Gasteiger partial charge in [0.25, 0.3) is 11.8 Å². The smallest absolute Gasteiger partial charge is 0.265 e. The molecule has 7 heteroatoms. The lowest BCUT2D eigenvalue weighted by molar-refractivity contribution is -0.122. The fourth-order valence-electron chi connectivity index (χ4n) is 3.76. The van der Waals surface area contributed by atoms with Gasteiger partial charge in [0.05, 0.1) is 29.6 Å². The normalized spacial score (nSPS) is 14.7. The summed E-state index contributed by atoms with van der Waals surface area (Å²) < 4.78 is 10.9. The fourth-order valence-corrected chi connectivity index (χ4v) is 3.76. The highest BCUT2D eigenvalue weighted by molar-refractivity contribution is 6.13. The van der Waals surface area contributed by atoms with Gasteiger partial charge in [0.1, 0.15) is 11.5 Å². The third-order valence-corrected chi connectivity index (χ3v) is 5.50. The fraction of sp³-hybridized carbons (Fsp3) is 0.115. The van der Waals surface area contributed by atoms with Crippen molar-refractivity contribution in [2.75, 3.05) is 17.7 Å². The first-order valence-corrected chi connectivity index (χ1v) is 10.5.